The zero-order valence-electron chi connectivity index (χ0n) is 26.3. The average Bonchev–Trinajstić information content (AvgIpc) is 2.92. The molecule has 41 heavy (non-hydrogen) atoms. The highest BCUT2D eigenvalue weighted by Gasteiger charge is 2.26. The van der Waals surface area contributed by atoms with Gasteiger partial charge in [0.25, 0.3) is 0 Å². The Kier molecular flexibility index (Phi) is 10.4. The first-order valence-corrected chi connectivity index (χ1v) is 15.2. The van der Waals surface area contributed by atoms with E-state index in [0.29, 0.717) is 23.8 Å². The van der Waals surface area contributed by atoms with Gasteiger partial charge in [0.2, 0.25) is 5.95 Å². The standard InChI is InChI=1S/C35H49N5O/c1-23(2)12-11-14-28-13-9-10-15-31(28)37-34-26(6)22-36-35(39-34)38-32-20-25(5)30(21-33(32)41-24(3)4)27-16-18-29(19-17-27)40(7)8/h9-13,15,20-24,27,29H,14,16-19H2,1-8H3,(H2,36,37,38,39)/b12-11+/t27-,29+. The Hall–Kier alpha value is -3.38. The van der Waals surface area contributed by atoms with Crippen molar-refractivity contribution in [2.45, 2.75) is 91.7 Å². The number of anilines is 4. The van der Waals surface area contributed by atoms with E-state index in [4.69, 9.17) is 9.72 Å². The van der Waals surface area contributed by atoms with Gasteiger partial charge in [-0.15, -0.1) is 0 Å². The normalized spacial score (nSPS) is 17.5. The van der Waals surface area contributed by atoms with Crippen molar-refractivity contribution in [3.63, 3.8) is 0 Å². The quantitative estimate of drug-likeness (QED) is 0.231. The Labute approximate surface area is 247 Å². The molecule has 0 amide bonds. The molecule has 1 aliphatic rings. The lowest BCUT2D eigenvalue weighted by Crippen LogP contribution is -2.31. The van der Waals surface area contributed by atoms with Crippen LogP contribution in [-0.4, -0.2) is 41.1 Å². The maximum absolute atomic E-state index is 6.33. The van der Waals surface area contributed by atoms with Crippen LogP contribution in [0.5, 0.6) is 5.75 Å². The van der Waals surface area contributed by atoms with E-state index >= 15 is 0 Å². The van der Waals surface area contributed by atoms with Gasteiger partial charge < -0.3 is 20.3 Å². The first-order chi connectivity index (χ1) is 19.6. The molecule has 0 saturated heterocycles. The summed E-state index contributed by atoms with van der Waals surface area (Å²) in [5.41, 5.74) is 6.86. The molecule has 1 aliphatic carbocycles. The van der Waals surface area contributed by atoms with E-state index in [1.54, 1.807) is 0 Å². The number of nitrogens with zero attached hydrogens (tertiary/aromatic N) is 3. The first kappa shape index (κ1) is 30.6. The van der Waals surface area contributed by atoms with Gasteiger partial charge in [-0.05, 0) is 121 Å². The Morgan fingerprint density at radius 1 is 0.951 bits per heavy atom. The summed E-state index contributed by atoms with van der Waals surface area (Å²) < 4.78 is 6.33. The van der Waals surface area contributed by atoms with Crippen LogP contribution in [0, 0.1) is 19.8 Å². The van der Waals surface area contributed by atoms with Crippen LogP contribution in [-0.2, 0) is 6.42 Å². The van der Waals surface area contributed by atoms with Crippen molar-refractivity contribution >= 4 is 23.1 Å². The number of allylic oxidation sites excluding steroid dienone is 2. The molecule has 0 atom stereocenters. The maximum Gasteiger partial charge on any atom is 0.229 e. The predicted molar refractivity (Wildman–Crippen MR) is 173 cm³/mol. The molecule has 220 valence electrons. The maximum atomic E-state index is 6.33. The van der Waals surface area contributed by atoms with Crippen LogP contribution in [0.25, 0.3) is 0 Å². The molecule has 3 aromatic rings. The lowest BCUT2D eigenvalue weighted by Gasteiger charge is -2.33. The highest BCUT2D eigenvalue weighted by Crippen LogP contribution is 2.40. The van der Waals surface area contributed by atoms with Gasteiger partial charge in [0.05, 0.1) is 11.8 Å². The molecule has 0 aliphatic heterocycles. The summed E-state index contributed by atoms with van der Waals surface area (Å²) in [4.78, 5) is 11.9. The Bertz CT molecular complexity index is 1320. The van der Waals surface area contributed by atoms with Crippen molar-refractivity contribution in [3.05, 3.63) is 77.0 Å². The van der Waals surface area contributed by atoms with E-state index < -0.39 is 0 Å². The molecule has 2 N–H and O–H groups in total. The van der Waals surface area contributed by atoms with E-state index in [0.717, 1.165) is 34.9 Å². The second-order valence-electron chi connectivity index (χ2n) is 12.3. The summed E-state index contributed by atoms with van der Waals surface area (Å²) >= 11 is 0. The number of aryl methyl sites for hydroxylation is 2. The summed E-state index contributed by atoms with van der Waals surface area (Å²) in [7, 11) is 4.40. The predicted octanol–water partition coefficient (Wildman–Crippen LogP) is 8.71. The minimum absolute atomic E-state index is 0.0630. The Balaban J connectivity index is 1.57. The molecule has 0 bridgehead atoms. The third kappa shape index (κ3) is 8.32. The van der Waals surface area contributed by atoms with Crippen molar-refractivity contribution in [1.82, 2.24) is 14.9 Å². The second kappa shape index (κ2) is 14.0. The number of hydrogen-bond acceptors (Lipinski definition) is 6. The number of hydrogen-bond donors (Lipinski definition) is 2. The van der Waals surface area contributed by atoms with Crippen LogP contribution < -0.4 is 15.4 Å². The summed E-state index contributed by atoms with van der Waals surface area (Å²) in [6.07, 6.45) is 12.2. The molecule has 1 saturated carbocycles. The van der Waals surface area contributed by atoms with Crippen molar-refractivity contribution < 1.29 is 4.74 Å². The summed E-state index contributed by atoms with van der Waals surface area (Å²) in [5, 5.41) is 7.05. The Morgan fingerprint density at radius 3 is 2.37 bits per heavy atom. The van der Waals surface area contributed by atoms with Gasteiger partial charge in [0, 0.05) is 23.5 Å². The minimum atomic E-state index is 0.0630. The number of para-hydroxylation sites is 1. The van der Waals surface area contributed by atoms with Crippen LogP contribution in [0.2, 0.25) is 0 Å². The molecule has 1 heterocycles. The number of ether oxygens (including phenoxy) is 1. The molecule has 0 spiro atoms. The molecular weight excluding hydrogens is 506 g/mol. The van der Waals surface area contributed by atoms with Crippen LogP contribution >= 0.6 is 0 Å². The summed E-state index contributed by atoms with van der Waals surface area (Å²) in [6.45, 7) is 12.8. The average molecular weight is 556 g/mol. The fourth-order valence-corrected chi connectivity index (χ4v) is 5.66. The highest BCUT2D eigenvalue weighted by atomic mass is 16.5. The molecule has 1 aromatic heterocycles. The zero-order chi connectivity index (χ0) is 29.5. The lowest BCUT2D eigenvalue weighted by atomic mass is 9.80. The molecule has 1 fully saturated rings. The van der Waals surface area contributed by atoms with Crippen LogP contribution in [0.1, 0.15) is 81.5 Å². The van der Waals surface area contributed by atoms with Crippen LogP contribution in [0.4, 0.5) is 23.1 Å². The zero-order valence-corrected chi connectivity index (χ0v) is 26.3. The van der Waals surface area contributed by atoms with Crippen LogP contribution in [0.15, 0.2) is 54.7 Å². The van der Waals surface area contributed by atoms with Gasteiger partial charge in [0.1, 0.15) is 11.6 Å². The molecular formula is C35H49N5O. The molecule has 4 rings (SSSR count). The van der Waals surface area contributed by atoms with E-state index in [-0.39, 0.29) is 6.10 Å². The van der Waals surface area contributed by atoms with Gasteiger partial charge >= 0.3 is 0 Å². The number of aromatic nitrogens is 2. The topological polar surface area (TPSA) is 62.3 Å². The largest absolute Gasteiger partial charge is 0.489 e. The van der Waals surface area contributed by atoms with Gasteiger partial charge in [-0.1, -0.05) is 44.2 Å². The van der Waals surface area contributed by atoms with Gasteiger partial charge in [-0.25, -0.2) is 4.98 Å². The van der Waals surface area contributed by atoms with Gasteiger partial charge in [-0.3, -0.25) is 0 Å². The lowest BCUT2D eigenvalue weighted by molar-refractivity contribution is 0.215. The third-order valence-corrected chi connectivity index (χ3v) is 7.95. The van der Waals surface area contributed by atoms with Crippen molar-refractivity contribution in [1.29, 1.82) is 0 Å². The fraction of sp³-hybridized carbons (Fsp3) is 0.486. The number of benzene rings is 2. The monoisotopic (exact) mass is 555 g/mol. The van der Waals surface area contributed by atoms with Crippen molar-refractivity contribution in [3.8, 4) is 5.75 Å². The third-order valence-electron chi connectivity index (χ3n) is 7.95. The molecule has 6 heteroatoms. The van der Waals surface area contributed by atoms with Crippen LogP contribution in [0.3, 0.4) is 0 Å². The second-order valence-corrected chi connectivity index (χ2v) is 12.3. The number of rotatable bonds is 11. The van der Waals surface area contributed by atoms with E-state index in [2.05, 4.69) is 118 Å². The van der Waals surface area contributed by atoms with Gasteiger partial charge in [0.15, 0.2) is 0 Å². The van der Waals surface area contributed by atoms with Gasteiger partial charge in [-0.2, -0.15) is 4.98 Å². The minimum Gasteiger partial charge on any atom is -0.489 e. The van der Waals surface area contributed by atoms with E-state index in [1.165, 1.54) is 42.4 Å². The molecule has 0 unspecified atom stereocenters. The fourth-order valence-electron chi connectivity index (χ4n) is 5.66. The highest BCUT2D eigenvalue weighted by molar-refractivity contribution is 5.68. The van der Waals surface area contributed by atoms with E-state index in [9.17, 15) is 0 Å². The number of nitrogens with one attached hydrogen (secondary N) is 2. The summed E-state index contributed by atoms with van der Waals surface area (Å²) in [5.74, 6) is 3.30. The summed E-state index contributed by atoms with van der Waals surface area (Å²) in [6, 6.07) is 13.6. The molecule has 0 radical (unpaired) electrons. The van der Waals surface area contributed by atoms with E-state index in [1.807, 2.05) is 13.1 Å². The molecule has 6 nitrogen and oxygen atoms in total. The smallest absolute Gasteiger partial charge is 0.229 e. The SMILES string of the molecule is Cc1cnc(Nc2cc(C)c([C@H]3CC[C@@H](N(C)C)CC3)cc2OC(C)C)nc1Nc1ccccc1C/C=C/C(C)C. The molecule has 2 aromatic carbocycles. The van der Waals surface area contributed by atoms with Crippen molar-refractivity contribution in [2.75, 3.05) is 24.7 Å². The van der Waals surface area contributed by atoms with Crippen molar-refractivity contribution in [2.24, 2.45) is 5.92 Å². The Morgan fingerprint density at radius 2 is 1.68 bits per heavy atom. The first-order valence-electron chi connectivity index (χ1n) is 15.2.